The van der Waals surface area contributed by atoms with Crippen molar-refractivity contribution in [2.75, 3.05) is 19.9 Å². The van der Waals surface area contributed by atoms with E-state index in [1.807, 2.05) is 6.07 Å². The Morgan fingerprint density at radius 1 is 1.06 bits per heavy atom. The van der Waals surface area contributed by atoms with Crippen LogP contribution in [-0.4, -0.2) is 57.6 Å². The number of ether oxygens (including phenoxy) is 3. The zero-order valence-corrected chi connectivity index (χ0v) is 18.9. The van der Waals surface area contributed by atoms with Gasteiger partial charge in [-0.25, -0.2) is 13.1 Å². The molecule has 33 heavy (non-hydrogen) atoms. The Hall–Kier alpha value is -2.66. The molecule has 2 aliphatic heterocycles. The first-order valence-electron chi connectivity index (χ1n) is 10.9. The minimum absolute atomic E-state index is 0.0768. The molecule has 4 rings (SSSR count). The monoisotopic (exact) mass is 476 g/mol. The predicted octanol–water partition coefficient (Wildman–Crippen LogP) is 1.56. The van der Waals surface area contributed by atoms with Crippen molar-refractivity contribution < 1.29 is 32.5 Å². The van der Waals surface area contributed by atoms with Crippen LogP contribution in [0.4, 0.5) is 0 Å². The van der Waals surface area contributed by atoms with E-state index in [4.69, 9.17) is 14.2 Å². The minimum atomic E-state index is -3.45. The van der Waals surface area contributed by atoms with Crippen molar-refractivity contribution in [3.05, 3.63) is 59.7 Å². The van der Waals surface area contributed by atoms with E-state index < -0.39 is 16.1 Å². The van der Waals surface area contributed by atoms with Crippen LogP contribution in [0.5, 0.6) is 11.5 Å². The lowest BCUT2D eigenvalue weighted by Gasteiger charge is -2.36. The van der Waals surface area contributed by atoms with Crippen LogP contribution in [-0.2, 0) is 20.5 Å². The van der Waals surface area contributed by atoms with Gasteiger partial charge in [-0.3, -0.25) is 4.79 Å². The molecule has 1 amide bonds. The number of aliphatic hydroxyl groups excluding tert-OH is 1. The average Bonchev–Trinajstić information content (AvgIpc) is 3.28. The SMILES string of the molecule is O=C(N[C@H]1CC[C@H](CCNS(=O)(=O)Cc2ccccc2)O[C@H]1CO)c1ccc2c(c1)OCO2. The summed E-state index contributed by atoms with van der Waals surface area (Å²) >= 11 is 0. The van der Waals surface area contributed by atoms with Crippen LogP contribution >= 0.6 is 0 Å². The van der Waals surface area contributed by atoms with Crippen molar-refractivity contribution in [1.29, 1.82) is 0 Å². The highest BCUT2D eigenvalue weighted by Crippen LogP contribution is 2.32. The van der Waals surface area contributed by atoms with Gasteiger partial charge < -0.3 is 24.6 Å². The molecule has 0 aromatic heterocycles. The summed E-state index contributed by atoms with van der Waals surface area (Å²) in [7, 11) is -3.45. The quantitative estimate of drug-likeness (QED) is 0.502. The molecule has 0 saturated carbocycles. The van der Waals surface area contributed by atoms with Gasteiger partial charge in [-0.2, -0.15) is 0 Å². The second-order valence-corrected chi connectivity index (χ2v) is 9.94. The fraction of sp³-hybridized carbons (Fsp3) is 0.435. The van der Waals surface area contributed by atoms with E-state index in [1.165, 1.54) is 0 Å². The number of sulfonamides is 1. The molecule has 2 aromatic rings. The van der Waals surface area contributed by atoms with Gasteiger partial charge in [-0.05, 0) is 43.0 Å². The van der Waals surface area contributed by atoms with Gasteiger partial charge in [-0.15, -0.1) is 0 Å². The molecule has 2 aliphatic rings. The third-order valence-corrected chi connectivity index (χ3v) is 7.09. The number of carbonyl (C=O) groups is 1. The van der Waals surface area contributed by atoms with Gasteiger partial charge in [0.1, 0.15) is 6.10 Å². The minimum Gasteiger partial charge on any atom is -0.454 e. The van der Waals surface area contributed by atoms with Gasteiger partial charge in [0, 0.05) is 12.1 Å². The standard InChI is InChI=1S/C23H28N2O7S/c26-13-22-19(25-23(27)17-6-9-20-21(12-17)31-15-30-20)8-7-18(32-22)10-11-24-33(28,29)14-16-4-2-1-3-5-16/h1-6,9,12,18-19,22,24,26H,7-8,10-11,13-15H2,(H,25,27)/t18-,19+,22+/m1/s1. The third kappa shape index (κ3) is 6.23. The summed E-state index contributed by atoms with van der Waals surface area (Å²) in [5.74, 6) is 0.763. The average molecular weight is 477 g/mol. The summed E-state index contributed by atoms with van der Waals surface area (Å²) < 4.78 is 43.7. The zero-order chi connectivity index (χ0) is 23.3. The van der Waals surface area contributed by atoms with Gasteiger partial charge in [0.05, 0.1) is 24.5 Å². The van der Waals surface area contributed by atoms with Gasteiger partial charge in [0.25, 0.3) is 5.91 Å². The molecule has 178 valence electrons. The van der Waals surface area contributed by atoms with E-state index in [0.717, 1.165) is 5.56 Å². The number of fused-ring (bicyclic) bond motifs is 1. The van der Waals surface area contributed by atoms with Crippen molar-refractivity contribution in [3.63, 3.8) is 0 Å². The van der Waals surface area contributed by atoms with Crippen molar-refractivity contribution in [3.8, 4) is 11.5 Å². The van der Waals surface area contributed by atoms with Crippen molar-refractivity contribution >= 4 is 15.9 Å². The second kappa shape index (κ2) is 10.5. The van der Waals surface area contributed by atoms with Crippen LogP contribution < -0.4 is 19.5 Å². The number of amides is 1. The molecule has 0 spiro atoms. The van der Waals surface area contributed by atoms with Crippen molar-refractivity contribution in [2.24, 2.45) is 0 Å². The fourth-order valence-electron chi connectivity index (χ4n) is 4.02. The highest BCUT2D eigenvalue weighted by atomic mass is 32.2. The fourth-order valence-corrected chi connectivity index (χ4v) is 5.18. The van der Waals surface area contributed by atoms with Crippen molar-refractivity contribution in [2.45, 2.75) is 43.3 Å². The van der Waals surface area contributed by atoms with Crippen LogP contribution in [0.2, 0.25) is 0 Å². The van der Waals surface area contributed by atoms with Gasteiger partial charge in [-0.1, -0.05) is 30.3 Å². The molecular formula is C23H28N2O7S. The summed E-state index contributed by atoms with van der Waals surface area (Å²) in [6.07, 6.45) is 0.960. The maximum Gasteiger partial charge on any atom is 0.251 e. The summed E-state index contributed by atoms with van der Waals surface area (Å²) in [5, 5.41) is 12.7. The molecule has 2 heterocycles. The smallest absolute Gasteiger partial charge is 0.251 e. The number of carbonyl (C=O) groups excluding carboxylic acids is 1. The van der Waals surface area contributed by atoms with Crippen LogP contribution in [0.1, 0.15) is 35.2 Å². The number of rotatable bonds is 9. The largest absolute Gasteiger partial charge is 0.454 e. The number of hydrogen-bond donors (Lipinski definition) is 3. The van der Waals surface area contributed by atoms with E-state index >= 15 is 0 Å². The maximum atomic E-state index is 12.7. The predicted molar refractivity (Wildman–Crippen MR) is 120 cm³/mol. The molecule has 10 heteroatoms. The molecule has 1 fully saturated rings. The first-order valence-corrected chi connectivity index (χ1v) is 12.6. The first-order chi connectivity index (χ1) is 15.9. The van der Waals surface area contributed by atoms with Crippen LogP contribution in [0.15, 0.2) is 48.5 Å². The molecule has 3 atom stereocenters. The Labute approximate surface area is 193 Å². The number of aliphatic hydroxyl groups is 1. The first kappa shape index (κ1) is 23.5. The lowest BCUT2D eigenvalue weighted by Crippen LogP contribution is -2.51. The Balaban J connectivity index is 1.25. The second-order valence-electron chi connectivity index (χ2n) is 8.13. The summed E-state index contributed by atoms with van der Waals surface area (Å²) in [5.41, 5.74) is 1.16. The lowest BCUT2D eigenvalue weighted by atomic mass is 9.96. The summed E-state index contributed by atoms with van der Waals surface area (Å²) in [6, 6.07) is 13.6. The Bertz CT molecular complexity index is 1060. The summed E-state index contributed by atoms with van der Waals surface area (Å²) in [6.45, 7) is 0.127. The van der Waals surface area contributed by atoms with E-state index in [0.29, 0.717) is 36.3 Å². The molecule has 0 unspecified atom stereocenters. The molecule has 0 radical (unpaired) electrons. The lowest BCUT2D eigenvalue weighted by molar-refractivity contribution is -0.0891. The van der Waals surface area contributed by atoms with Crippen molar-refractivity contribution in [1.82, 2.24) is 10.0 Å². The van der Waals surface area contributed by atoms with E-state index in [-0.39, 0.29) is 43.8 Å². The van der Waals surface area contributed by atoms with Crippen LogP contribution in [0.25, 0.3) is 0 Å². The summed E-state index contributed by atoms with van der Waals surface area (Å²) in [4.78, 5) is 12.7. The Kier molecular flexibility index (Phi) is 7.49. The third-order valence-electron chi connectivity index (χ3n) is 5.73. The molecule has 0 aliphatic carbocycles. The normalized spacial score (nSPS) is 22.2. The molecule has 0 bridgehead atoms. The molecule has 2 aromatic carbocycles. The Morgan fingerprint density at radius 2 is 1.85 bits per heavy atom. The highest BCUT2D eigenvalue weighted by molar-refractivity contribution is 7.88. The maximum absolute atomic E-state index is 12.7. The van der Waals surface area contributed by atoms with Crippen LogP contribution in [0.3, 0.4) is 0 Å². The highest BCUT2D eigenvalue weighted by Gasteiger charge is 2.32. The Morgan fingerprint density at radius 3 is 2.64 bits per heavy atom. The van der Waals surface area contributed by atoms with Crippen LogP contribution in [0, 0.1) is 0 Å². The molecule has 9 nitrogen and oxygen atoms in total. The molecular weight excluding hydrogens is 448 g/mol. The van der Waals surface area contributed by atoms with Gasteiger partial charge in [0.15, 0.2) is 11.5 Å². The molecule has 1 saturated heterocycles. The van der Waals surface area contributed by atoms with Gasteiger partial charge in [0.2, 0.25) is 16.8 Å². The number of hydrogen-bond acceptors (Lipinski definition) is 7. The molecule has 3 N–H and O–H groups in total. The van der Waals surface area contributed by atoms with E-state index in [2.05, 4.69) is 10.0 Å². The van der Waals surface area contributed by atoms with E-state index in [9.17, 15) is 18.3 Å². The topological polar surface area (TPSA) is 123 Å². The van der Waals surface area contributed by atoms with Gasteiger partial charge >= 0.3 is 0 Å². The zero-order valence-electron chi connectivity index (χ0n) is 18.1. The number of nitrogens with one attached hydrogen (secondary N) is 2. The number of benzene rings is 2. The van der Waals surface area contributed by atoms with E-state index in [1.54, 1.807) is 42.5 Å².